The first-order valence-corrected chi connectivity index (χ1v) is 10.2. The molecule has 3 heterocycles. The predicted molar refractivity (Wildman–Crippen MR) is 112 cm³/mol. The quantitative estimate of drug-likeness (QED) is 0.748. The second-order valence-electron chi connectivity index (χ2n) is 7.55. The van der Waals surface area contributed by atoms with Crippen LogP contribution in [0.15, 0.2) is 36.4 Å². The molecule has 2 N–H and O–H groups in total. The number of benzene rings is 1. The summed E-state index contributed by atoms with van der Waals surface area (Å²) in [6.45, 7) is 6.16. The largest absolute Gasteiger partial charge is 0.367 e. The number of hydrogen-bond donors (Lipinski definition) is 2. The van der Waals surface area contributed by atoms with Gasteiger partial charge in [0.25, 0.3) is 0 Å². The molecule has 0 radical (unpaired) electrons. The van der Waals surface area contributed by atoms with E-state index in [1.165, 1.54) is 12.1 Å². The van der Waals surface area contributed by atoms with Crippen LogP contribution in [-0.4, -0.2) is 73.2 Å². The summed E-state index contributed by atoms with van der Waals surface area (Å²) in [4.78, 5) is 22.3. The Balaban J connectivity index is 1.29. The van der Waals surface area contributed by atoms with Gasteiger partial charge in [-0.2, -0.15) is 4.39 Å². The fourth-order valence-corrected chi connectivity index (χ4v) is 3.83. The van der Waals surface area contributed by atoms with Crippen molar-refractivity contribution in [1.82, 2.24) is 20.1 Å². The molecule has 0 aliphatic carbocycles. The number of hydrogen-bond acceptors (Lipinski definition) is 5. The molecule has 160 valence electrons. The first-order valence-electron chi connectivity index (χ1n) is 10.2. The van der Waals surface area contributed by atoms with Crippen molar-refractivity contribution in [3.8, 4) is 0 Å². The van der Waals surface area contributed by atoms with Crippen LogP contribution in [0, 0.1) is 11.8 Å². The summed E-state index contributed by atoms with van der Waals surface area (Å²) in [6.07, 6.45) is 0. The highest BCUT2D eigenvalue weighted by molar-refractivity contribution is 5.89. The Labute approximate surface area is 174 Å². The maximum atomic E-state index is 14.5. The van der Waals surface area contributed by atoms with Gasteiger partial charge in [0, 0.05) is 64.6 Å². The molecule has 0 bridgehead atoms. The monoisotopic (exact) mass is 416 g/mol. The van der Waals surface area contributed by atoms with Gasteiger partial charge < -0.3 is 20.4 Å². The molecule has 0 saturated carbocycles. The van der Waals surface area contributed by atoms with Crippen LogP contribution in [-0.2, 0) is 6.54 Å². The van der Waals surface area contributed by atoms with E-state index in [9.17, 15) is 13.6 Å². The molecule has 2 aliphatic heterocycles. The van der Waals surface area contributed by atoms with Gasteiger partial charge in [-0.1, -0.05) is 6.07 Å². The lowest BCUT2D eigenvalue weighted by Crippen LogP contribution is -2.49. The first kappa shape index (κ1) is 20.5. The van der Waals surface area contributed by atoms with Crippen LogP contribution < -0.4 is 15.5 Å². The smallest absolute Gasteiger partial charge is 0.321 e. The number of nitrogens with zero attached hydrogens (tertiary/aromatic N) is 4. The Morgan fingerprint density at radius 1 is 1.03 bits per heavy atom. The van der Waals surface area contributed by atoms with E-state index in [4.69, 9.17) is 0 Å². The minimum atomic E-state index is -0.485. The molecule has 2 aromatic rings. The third kappa shape index (κ3) is 5.03. The fourth-order valence-electron chi connectivity index (χ4n) is 3.83. The van der Waals surface area contributed by atoms with Gasteiger partial charge in [0.2, 0.25) is 5.95 Å². The number of piperazine rings is 2. The minimum Gasteiger partial charge on any atom is -0.367 e. The Kier molecular flexibility index (Phi) is 6.39. The second kappa shape index (κ2) is 9.36. The molecule has 1 aromatic carbocycles. The van der Waals surface area contributed by atoms with E-state index in [1.54, 1.807) is 29.2 Å². The molecular formula is C21H26F2N6O. The highest BCUT2D eigenvalue weighted by atomic mass is 19.1. The molecule has 9 heteroatoms. The number of rotatable bonds is 4. The Hall–Kier alpha value is -2.78. The highest BCUT2D eigenvalue weighted by Gasteiger charge is 2.22. The summed E-state index contributed by atoms with van der Waals surface area (Å²) in [5, 5.41) is 6.04. The summed E-state index contributed by atoms with van der Waals surface area (Å²) >= 11 is 0. The van der Waals surface area contributed by atoms with Crippen molar-refractivity contribution >= 4 is 17.4 Å². The van der Waals surface area contributed by atoms with Gasteiger partial charge in [-0.3, -0.25) is 4.90 Å². The van der Waals surface area contributed by atoms with Gasteiger partial charge in [-0.05, 0) is 30.3 Å². The fraction of sp³-hybridized carbons (Fsp3) is 0.429. The predicted octanol–water partition coefficient (Wildman–Crippen LogP) is 2.12. The molecule has 7 nitrogen and oxygen atoms in total. The first-order chi connectivity index (χ1) is 14.6. The molecule has 0 spiro atoms. The minimum absolute atomic E-state index is 0.243. The maximum Gasteiger partial charge on any atom is 0.321 e. The summed E-state index contributed by atoms with van der Waals surface area (Å²) < 4.78 is 27.8. The van der Waals surface area contributed by atoms with Crippen LogP contribution >= 0.6 is 0 Å². The molecule has 2 amide bonds. The average molecular weight is 416 g/mol. The Bertz CT molecular complexity index is 882. The normalized spacial score (nSPS) is 17.8. The number of pyridine rings is 1. The maximum absolute atomic E-state index is 14.5. The lowest BCUT2D eigenvalue weighted by atomic mass is 10.2. The third-order valence-corrected chi connectivity index (χ3v) is 5.47. The molecular weight excluding hydrogens is 390 g/mol. The van der Waals surface area contributed by atoms with Gasteiger partial charge in [-0.15, -0.1) is 0 Å². The van der Waals surface area contributed by atoms with E-state index in [0.717, 1.165) is 26.2 Å². The van der Waals surface area contributed by atoms with E-state index in [-0.39, 0.29) is 11.8 Å². The number of halogens is 2. The molecule has 2 aliphatic rings. The van der Waals surface area contributed by atoms with E-state index in [0.29, 0.717) is 49.8 Å². The van der Waals surface area contributed by atoms with Crippen LogP contribution in [0.25, 0.3) is 0 Å². The standard InChI is InChI=1S/C21H26F2N6O/c22-18-14-16(4-5-19(18)28-8-6-24-7-9-28)26-21(30)29-12-10-27(11-13-29)15-17-2-1-3-20(23)25-17/h1-5,14,24H,6-13,15H2,(H,26,30). The van der Waals surface area contributed by atoms with Crippen LogP contribution in [0.5, 0.6) is 0 Å². The van der Waals surface area contributed by atoms with Crippen molar-refractivity contribution in [3.63, 3.8) is 0 Å². The summed E-state index contributed by atoms with van der Waals surface area (Å²) in [6, 6.07) is 9.36. The Morgan fingerprint density at radius 2 is 1.80 bits per heavy atom. The van der Waals surface area contributed by atoms with Crippen molar-refractivity contribution in [2.45, 2.75) is 6.54 Å². The van der Waals surface area contributed by atoms with Gasteiger partial charge in [0.1, 0.15) is 5.82 Å². The van der Waals surface area contributed by atoms with Gasteiger partial charge in [0.05, 0.1) is 11.4 Å². The van der Waals surface area contributed by atoms with Crippen LogP contribution in [0.2, 0.25) is 0 Å². The molecule has 4 rings (SSSR count). The summed E-state index contributed by atoms with van der Waals surface area (Å²) in [7, 11) is 0. The van der Waals surface area contributed by atoms with Gasteiger partial charge in [-0.25, -0.2) is 14.2 Å². The summed E-state index contributed by atoms with van der Waals surface area (Å²) in [5.74, 6) is -0.817. The van der Waals surface area contributed by atoms with Crippen molar-refractivity contribution < 1.29 is 13.6 Å². The van der Waals surface area contributed by atoms with E-state index in [2.05, 4.69) is 20.5 Å². The lowest BCUT2D eigenvalue weighted by Gasteiger charge is -2.34. The van der Waals surface area contributed by atoms with E-state index >= 15 is 0 Å². The SMILES string of the molecule is O=C(Nc1ccc(N2CCNCC2)c(F)c1)N1CCN(Cc2cccc(F)n2)CC1. The number of anilines is 2. The van der Waals surface area contributed by atoms with E-state index in [1.807, 2.05) is 4.90 Å². The zero-order chi connectivity index (χ0) is 20.9. The Morgan fingerprint density at radius 3 is 2.50 bits per heavy atom. The summed E-state index contributed by atoms with van der Waals surface area (Å²) in [5.41, 5.74) is 1.68. The third-order valence-electron chi connectivity index (χ3n) is 5.47. The molecule has 0 unspecified atom stereocenters. The number of amides is 2. The van der Waals surface area contributed by atoms with Crippen molar-refractivity contribution in [2.75, 3.05) is 62.6 Å². The second-order valence-corrected chi connectivity index (χ2v) is 7.55. The molecule has 2 saturated heterocycles. The lowest BCUT2D eigenvalue weighted by molar-refractivity contribution is 0.142. The number of urea groups is 1. The number of carbonyl (C=O) groups excluding carboxylic acids is 1. The molecule has 0 atom stereocenters. The highest BCUT2D eigenvalue weighted by Crippen LogP contribution is 2.23. The topological polar surface area (TPSA) is 63.7 Å². The molecule has 2 fully saturated rings. The van der Waals surface area contributed by atoms with E-state index < -0.39 is 5.95 Å². The van der Waals surface area contributed by atoms with Crippen LogP contribution in [0.3, 0.4) is 0 Å². The van der Waals surface area contributed by atoms with Gasteiger partial charge in [0.15, 0.2) is 0 Å². The van der Waals surface area contributed by atoms with Crippen LogP contribution in [0.1, 0.15) is 5.69 Å². The number of aromatic nitrogens is 1. The zero-order valence-corrected chi connectivity index (χ0v) is 16.8. The zero-order valence-electron chi connectivity index (χ0n) is 16.8. The average Bonchev–Trinajstić information content (AvgIpc) is 2.75. The van der Waals surface area contributed by atoms with Crippen molar-refractivity contribution in [2.24, 2.45) is 0 Å². The number of nitrogens with one attached hydrogen (secondary N) is 2. The number of carbonyl (C=O) groups is 1. The van der Waals surface area contributed by atoms with Gasteiger partial charge >= 0.3 is 6.03 Å². The van der Waals surface area contributed by atoms with Crippen LogP contribution in [0.4, 0.5) is 25.0 Å². The molecule has 1 aromatic heterocycles. The van der Waals surface area contributed by atoms with Crippen molar-refractivity contribution in [3.05, 3.63) is 53.9 Å². The molecule has 30 heavy (non-hydrogen) atoms. The van der Waals surface area contributed by atoms with Crippen molar-refractivity contribution in [1.29, 1.82) is 0 Å².